The van der Waals surface area contributed by atoms with Gasteiger partial charge in [-0.05, 0) is 28.9 Å². The van der Waals surface area contributed by atoms with Gasteiger partial charge >= 0.3 is 5.69 Å². The molecular formula is C13H10BrFN2O3. The molecule has 0 aliphatic rings. The summed E-state index contributed by atoms with van der Waals surface area (Å²) in [6.45, 7) is 1.58. The van der Waals surface area contributed by atoms with E-state index in [0.29, 0.717) is 10.0 Å². The molecule has 0 unspecified atom stereocenters. The molecule has 104 valence electrons. The first-order valence-corrected chi connectivity index (χ1v) is 6.48. The van der Waals surface area contributed by atoms with Crippen LogP contribution in [0.25, 0.3) is 0 Å². The lowest BCUT2D eigenvalue weighted by molar-refractivity contribution is -0.387. The maximum absolute atomic E-state index is 14.0. The SMILES string of the molecule is Cc1cc(Br)cn(Cc2cccc([N+](=O)[O-])c2F)c1=O. The second-order valence-corrected chi connectivity index (χ2v) is 5.20. The van der Waals surface area contributed by atoms with Crippen LogP contribution in [0.1, 0.15) is 11.1 Å². The van der Waals surface area contributed by atoms with E-state index < -0.39 is 16.4 Å². The maximum Gasteiger partial charge on any atom is 0.305 e. The van der Waals surface area contributed by atoms with Crippen molar-refractivity contribution in [3.05, 3.63) is 72.3 Å². The zero-order chi connectivity index (χ0) is 14.9. The van der Waals surface area contributed by atoms with Crippen LogP contribution in [0.2, 0.25) is 0 Å². The summed E-state index contributed by atoms with van der Waals surface area (Å²) in [6, 6.07) is 5.56. The Bertz CT molecular complexity index is 743. The molecule has 0 saturated heterocycles. The van der Waals surface area contributed by atoms with E-state index in [0.717, 1.165) is 6.07 Å². The van der Waals surface area contributed by atoms with Crippen LogP contribution >= 0.6 is 15.9 Å². The topological polar surface area (TPSA) is 65.1 Å². The monoisotopic (exact) mass is 340 g/mol. The fourth-order valence-electron chi connectivity index (χ4n) is 1.87. The summed E-state index contributed by atoms with van der Waals surface area (Å²) in [6.07, 6.45) is 1.52. The Balaban J connectivity index is 2.48. The van der Waals surface area contributed by atoms with Gasteiger partial charge in [-0.1, -0.05) is 12.1 Å². The summed E-state index contributed by atoms with van der Waals surface area (Å²) in [5.41, 5.74) is -0.259. The third-order valence-electron chi connectivity index (χ3n) is 2.83. The molecule has 0 amide bonds. The van der Waals surface area contributed by atoms with Crippen LogP contribution in [0.4, 0.5) is 10.1 Å². The minimum absolute atomic E-state index is 0.0629. The number of pyridine rings is 1. The Labute approximate surface area is 121 Å². The van der Waals surface area contributed by atoms with Crippen molar-refractivity contribution < 1.29 is 9.31 Å². The smallest absolute Gasteiger partial charge is 0.305 e. The molecule has 0 radical (unpaired) electrons. The zero-order valence-corrected chi connectivity index (χ0v) is 12.1. The van der Waals surface area contributed by atoms with Crippen molar-refractivity contribution in [2.45, 2.75) is 13.5 Å². The highest BCUT2D eigenvalue weighted by Gasteiger charge is 2.17. The summed E-state index contributed by atoms with van der Waals surface area (Å²) in [5.74, 6) is -0.915. The molecular weight excluding hydrogens is 331 g/mol. The molecule has 0 N–H and O–H groups in total. The zero-order valence-electron chi connectivity index (χ0n) is 10.5. The first kappa shape index (κ1) is 14.4. The Morgan fingerprint density at radius 2 is 2.15 bits per heavy atom. The average molecular weight is 341 g/mol. The predicted molar refractivity (Wildman–Crippen MR) is 75.3 cm³/mol. The number of nitrogens with zero attached hydrogens (tertiary/aromatic N) is 2. The number of nitro benzene ring substituents is 1. The summed E-state index contributed by atoms with van der Waals surface area (Å²) < 4.78 is 16.0. The van der Waals surface area contributed by atoms with Gasteiger partial charge in [0.1, 0.15) is 0 Å². The Kier molecular flexibility index (Phi) is 3.99. The number of aromatic nitrogens is 1. The van der Waals surface area contributed by atoms with Crippen LogP contribution in [0.3, 0.4) is 0 Å². The van der Waals surface area contributed by atoms with E-state index in [-0.39, 0.29) is 17.7 Å². The van der Waals surface area contributed by atoms with Crippen molar-refractivity contribution in [1.82, 2.24) is 4.57 Å². The van der Waals surface area contributed by atoms with E-state index >= 15 is 0 Å². The van der Waals surface area contributed by atoms with Gasteiger partial charge in [0.15, 0.2) is 0 Å². The molecule has 1 aromatic carbocycles. The van der Waals surface area contributed by atoms with E-state index in [1.807, 2.05) is 0 Å². The van der Waals surface area contributed by atoms with Gasteiger partial charge in [-0.15, -0.1) is 0 Å². The molecule has 2 aromatic rings. The van der Waals surface area contributed by atoms with Crippen LogP contribution in [0.15, 0.2) is 39.7 Å². The van der Waals surface area contributed by atoms with Crippen LogP contribution in [0, 0.1) is 22.9 Å². The van der Waals surface area contributed by atoms with Crippen LogP contribution in [-0.2, 0) is 6.54 Å². The molecule has 0 saturated carbocycles. The first-order chi connectivity index (χ1) is 9.40. The Morgan fingerprint density at radius 3 is 2.80 bits per heavy atom. The maximum atomic E-state index is 14.0. The number of rotatable bonds is 3. The summed E-state index contributed by atoms with van der Waals surface area (Å²) in [7, 11) is 0. The highest BCUT2D eigenvalue weighted by molar-refractivity contribution is 9.10. The summed E-state index contributed by atoms with van der Waals surface area (Å²) >= 11 is 3.26. The third kappa shape index (κ3) is 2.77. The van der Waals surface area contributed by atoms with Gasteiger partial charge in [0, 0.05) is 27.9 Å². The van der Waals surface area contributed by atoms with Gasteiger partial charge in [0.05, 0.1) is 11.5 Å². The molecule has 0 bridgehead atoms. The Morgan fingerprint density at radius 1 is 1.45 bits per heavy atom. The van der Waals surface area contributed by atoms with Crippen molar-refractivity contribution in [3.63, 3.8) is 0 Å². The number of halogens is 2. The van der Waals surface area contributed by atoms with Crippen molar-refractivity contribution in [1.29, 1.82) is 0 Å². The number of hydrogen-bond donors (Lipinski definition) is 0. The van der Waals surface area contributed by atoms with E-state index in [1.165, 1.54) is 22.9 Å². The molecule has 1 heterocycles. The van der Waals surface area contributed by atoms with Gasteiger partial charge in [-0.3, -0.25) is 14.9 Å². The number of nitro groups is 1. The van der Waals surface area contributed by atoms with Crippen LogP contribution < -0.4 is 5.56 Å². The molecule has 2 rings (SSSR count). The minimum atomic E-state index is -0.915. The molecule has 0 spiro atoms. The molecule has 0 fully saturated rings. The van der Waals surface area contributed by atoms with E-state index in [1.54, 1.807) is 13.0 Å². The van der Waals surface area contributed by atoms with Gasteiger partial charge in [-0.2, -0.15) is 4.39 Å². The molecule has 20 heavy (non-hydrogen) atoms. The van der Waals surface area contributed by atoms with E-state index in [4.69, 9.17) is 0 Å². The van der Waals surface area contributed by atoms with Crippen molar-refractivity contribution in [3.8, 4) is 0 Å². The second kappa shape index (κ2) is 5.54. The number of aryl methyl sites for hydroxylation is 1. The standard InChI is InChI=1S/C13H10BrFN2O3/c1-8-5-10(14)7-16(13(8)18)6-9-3-2-4-11(12(9)15)17(19)20/h2-5,7H,6H2,1H3. The largest absolute Gasteiger partial charge is 0.310 e. The quantitative estimate of drug-likeness (QED) is 0.637. The Hall–Kier alpha value is -2.02. The highest BCUT2D eigenvalue weighted by Crippen LogP contribution is 2.21. The predicted octanol–water partition coefficient (Wildman–Crippen LogP) is 3.01. The fraction of sp³-hybridized carbons (Fsp3) is 0.154. The second-order valence-electron chi connectivity index (χ2n) is 4.28. The van der Waals surface area contributed by atoms with Crippen molar-refractivity contribution in [2.24, 2.45) is 0 Å². The van der Waals surface area contributed by atoms with Crippen molar-refractivity contribution in [2.75, 3.05) is 0 Å². The summed E-state index contributed by atoms with van der Waals surface area (Å²) in [5, 5.41) is 10.7. The lowest BCUT2D eigenvalue weighted by Crippen LogP contribution is -2.22. The summed E-state index contributed by atoms with van der Waals surface area (Å²) in [4.78, 5) is 21.8. The molecule has 0 aliphatic carbocycles. The van der Waals surface area contributed by atoms with Gasteiger partial charge in [0.25, 0.3) is 5.56 Å². The lowest BCUT2D eigenvalue weighted by Gasteiger charge is -2.08. The van der Waals surface area contributed by atoms with Crippen molar-refractivity contribution >= 4 is 21.6 Å². The van der Waals surface area contributed by atoms with E-state index in [2.05, 4.69) is 15.9 Å². The van der Waals surface area contributed by atoms with Crippen LogP contribution in [-0.4, -0.2) is 9.49 Å². The molecule has 5 nitrogen and oxygen atoms in total. The van der Waals surface area contributed by atoms with Gasteiger partial charge in [-0.25, -0.2) is 0 Å². The molecule has 1 aromatic heterocycles. The average Bonchev–Trinajstić information content (AvgIpc) is 2.37. The van der Waals surface area contributed by atoms with E-state index in [9.17, 15) is 19.3 Å². The third-order valence-corrected chi connectivity index (χ3v) is 3.26. The number of hydrogen-bond acceptors (Lipinski definition) is 3. The lowest BCUT2D eigenvalue weighted by atomic mass is 10.1. The number of benzene rings is 1. The van der Waals surface area contributed by atoms with Crippen LogP contribution in [0.5, 0.6) is 0 Å². The molecule has 0 aliphatic heterocycles. The minimum Gasteiger partial charge on any atom is -0.310 e. The molecule has 0 atom stereocenters. The highest BCUT2D eigenvalue weighted by atomic mass is 79.9. The van der Waals surface area contributed by atoms with Gasteiger partial charge < -0.3 is 4.57 Å². The first-order valence-electron chi connectivity index (χ1n) is 5.68. The fourth-order valence-corrected chi connectivity index (χ4v) is 2.46. The normalized spacial score (nSPS) is 10.6. The molecule has 7 heteroatoms. The van der Waals surface area contributed by atoms with Gasteiger partial charge in [0.2, 0.25) is 5.82 Å².